The Morgan fingerprint density at radius 2 is 1.95 bits per heavy atom. The Bertz CT molecular complexity index is 690. The van der Waals surface area contributed by atoms with Crippen molar-refractivity contribution in [3.05, 3.63) is 52.8 Å². The number of hydrogen-bond donors (Lipinski definition) is 1. The Balaban J connectivity index is 2.12. The molecule has 0 atom stereocenters. The highest BCUT2D eigenvalue weighted by molar-refractivity contribution is 9.10. The second kappa shape index (κ2) is 5.58. The van der Waals surface area contributed by atoms with Crippen LogP contribution >= 0.6 is 15.9 Å². The first-order valence-corrected chi connectivity index (χ1v) is 7.68. The second-order valence-corrected chi connectivity index (χ2v) is 6.43. The number of aryl methyl sites for hydroxylation is 1. The van der Waals surface area contributed by atoms with Crippen LogP contribution < -0.4 is 4.83 Å². The summed E-state index contributed by atoms with van der Waals surface area (Å²) in [6, 6.07) is 10.0. The van der Waals surface area contributed by atoms with Gasteiger partial charge in [-0.05, 0) is 36.4 Å². The number of benzene rings is 1. The molecule has 0 bridgehead atoms. The van der Waals surface area contributed by atoms with E-state index in [4.69, 9.17) is 0 Å². The van der Waals surface area contributed by atoms with Gasteiger partial charge in [0.1, 0.15) is 0 Å². The number of halogens is 1. The van der Waals surface area contributed by atoms with Gasteiger partial charge in [-0.25, -0.2) is 4.83 Å². The zero-order valence-electron chi connectivity index (χ0n) is 10.1. The molecular weight excluding hydrogens is 330 g/mol. The smallest absolute Gasteiger partial charge is 0.276 e. The molecule has 0 aliphatic rings. The van der Waals surface area contributed by atoms with E-state index in [-0.39, 0.29) is 4.90 Å². The van der Waals surface area contributed by atoms with E-state index >= 15 is 0 Å². The largest absolute Gasteiger partial charge is 0.350 e. The fourth-order valence-electron chi connectivity index (χ4n) is 1.44. The minimum Gasteiger partial charge on any atom is -0.350 e. The molecule has 1 aromatic carbocycles. The van der Waals surface area contributed by atoms with Crippen molar-refractivity contribution in [2.75, 3.05) is 0 Å². The van der Waals surface area contributed by atoms with Gasteiger partial charge < -0.3 is 4.57 Å². The van der Waals surface area contributed by atoms with Gasteiger partial charge in [0.25, 0.3) is 10.0 Å². The molecular formula is C12H12BrN3O2S. The highest BCUT2D eigenvalue weighted by Gasteiger charge is 2.11. The lowest BCUT2D eigenvalue weighted by Crippen LogP contribution is -2.18. The van der Waals surface area contributed by atoms with Crippen molar-refractivity contribution in [2.24, 2.45) is 12.1 Å². The van der Waals surface area contributed by atoms with Crippen molar-refractivity contribution >= 4 is 32.2 Å². The highest BCUT2D eigenvalue weighted by Crippen LogP contribution is 2.14. The van der Waals surface area contributed by atoms with E-state index in [0.29, 0.717) is 0 Å². The van der Waals surface area contributed by atoms with Crippen molar-refractivity contribution in [3.8, 4) is 0 Å². The molecule has 2 aromatic rings. The van der Waals surface area contributed by atoms with Crippen molar-refractivity contribution in [3.63, 3.8) is 0 Å². The Kier molecular flexibility index (Phi) is 4.06. The maximum absolute atomic E-state index is 11.9. The first kappa shape index (κ1) is 13.8. The summed E-state index contributed by atoms with van der Waals surface area (Å²) in [5.74, 6) is 0. The van der Waals surface area contributed by atoms with Crippen LogP contribution in [0, 0.1) is 0 Å². The molecule has 0 aliphatic heterocycles. The standard InChI is InChI=1S/C12H12BrN3O2S/c1-16-8-2-3-11(16)9-14-15-19(17,18)12-6-4-10(13)5-7-12/h2-9,15H,1H3/b14-9-. The van der Waals surface area contributed by atoms with Gasteiger partial charge in [0, 0.05) is 17.7 Å². The normalized spacial score (nSPS) is 11.9. The SMILES string of the molecule is Cn1cccc1/C=N\NS(=O)(=O)c1ccc(Br)cc1. The molecule has 0 saturated carbocycles. The summed E-state index contributed by atoms with van der Waals surface area (Å²) in [5, 5.41) is 3.75. The monoisotopic (exact) mass is 341 g/mol. The summed E-state index contributed by atoms with van der Waals surface area (Å²) in [6.45, 7) is 0. The van der Waals surface area contributed by atoms with Gasteiger partial charge >= 0.3 is 0 Å². The van der Waals surface area contributed by atoms with Crippen molar-refractivity contribution in [2.45, 2.75) is 4.90 Å². The summed E-state index contributed by atoms with van der Waals surface area (Å²) < 4.78 is 26.5. The number of hydrazone groups is 1. The van der Waals surface area contributed by atoms with Crippen LogP contribution in [0.1, 0.15) is 5.69 Å². The lowest BCUT2D eigenvalue weighted by Gasteiger charge is -2.03. The molecule has 0 unspecified atom stereocenters. The predicted octanol–water partition coefficient (Wildman–Crippen LogP) is 2.10. The van der Waals surface area contributed by atoms with Gasteiger partial charge in [0.15, 0.2) is 0 Å². The van der Waals surface area contributed by atoms with E-state index in [1.165, 1.54) is 18.3 Å². The molecule has 0 fully saturated rings. The third kappa shape index (κ3) is 3.45. The minimum absolute atomic E-state index is 0.166. The molecule has 1 N–H and O–H groups in total. The first-order chi connectivity index (χ1) is 8.99. The molecule has 1 heterocycles. The Morgan fingerprint density at radius 1 is 1.26 bits per heavy atom. The molecule has 19 heavy (non-hydrogen) atoms. The van der Waals surface area contributed by atoms with Gasteiger partial charge in [-0.2, -0.15) is 13.5 Å². The molecule has 0 saturated heterocycles. The maximum atomic E-state index is 11.9. The molecule has 5 nitrogen and oxygen atoms in total. The average molecular weight is 342 g/mol. The fourth-order valence-corrected chi connectivity index (χ4v) is 2.49. The van der Waals surface area contributed by atoms with E-state index in [0.717, 1.165) is 10.2 Å². The van der Waals surface area contributed by atoms with E-state index in [9.17, 15) is 8.42 Å². The summed E-state index contributed by atoms with van der Waals surface area (Å²) in [4.78, 5) is 2.34. The zero-order chi connectivity index (χ0) is 13.9. The van der Waals surface area contributed by atoms with E-state index < -0.39 is 10.0 Å². The van der Waals surface area contributed by atoms with Crippen LogP contribution in [0.5, 0.6) is 0 Å². The summed E-state index contributed by atoms with van der Waals surface area (Å²) in [5.41, 5.74) is 0.804. The first-order valence-electron chi connectivity index (χ1n) is 5.41. The van der Waals surface area contributed by atoms with Crippen LogP contribution in [0.15, 0.2) is 57.1 Å². The van der Waals surface area contributed by atoms with Crippen molar-refractivity contribution in [1.29, 1.82) is 0 Å². The summed E-state index contributed by atoms with van der Waals surface area (Å²) in [6.07, 6.45) is 3.31. The number of rotatable bonds is 4. The minimum atomic E-state index is -3.62. The Morgan fingerprint density at radius 3 is 2.53 bits per heavy atom. The zero-order valence-corrected chi connectivity index (χ0v) is 12.5. The number of hydrogen-bond acceptors (Lipinski definition) is 3. The van der Waals surface area contributed by atoms with Crippen LogP contribution in [0.4, 0.5) is 0 Å². The van der Waals surface area contributed by atoms with Gasteiger partial charge in [0.05, 0.1) is 16.8 Å². The molecule has 7 heteroatoms. The summed E-state index contributed by atoms with van der Waals surface area (Å²) in [7, 11) is -1.77. The van der Waals surface area contributed by atoms with Crippen molar-refractivity contribution in [1.82, 2.24) is 9.40 Å². The number of aromatic nitrogens is 1. The van der Waals surface area contributed by atoms with Crippen LogP contribution in [0.3, 0.4) is 0 Å². The molecule has 2 rings (SSSR count). The summed E-state index contributed by atoms with van der Waals surface area (Å²) >= 11 is 3.25. The van der Waals surface area contributed by atoms with Crippen LogP contribution in [0.25, 0.3) is 0 Å². The van der Waals surface area contributed by atoms with E-state index in [1.54, 1.807) is 12.1 Å². The quantitative estimate of drug-likeness (QED) is 0.683. The Hall–Kier alpha value is -1.60. The average Bonchev–Trinajstić information content (AvgIpc) is 2.75. The van der Waals surface area contributed by atoms with Crippen LogP contribution in [-0.4, -0.2) is 19.2 Å². The van der Waals surface area contributed by atoms with Gasteiger partial charge in [-0.1, -0.05) is 15.9 Å². The highest BCUT2D eigenvalue weighted by atomic mass is 79.9. The number of nitrogens with one attached hydrogen (secondary N) is 1. The number of nitrogens with zero attached hydrogens (tertiary/aromatic N) is 2. The second-order valence-electron chi connectivity index (χ2n) is 3.85. The molecule has 0 radical (unpaired) electrons. The molecule has 0 aliphatic carbocycles. The third-order valence-electron chi connectivity index (χ3n) is 2.48. The van der Waals surface area contributed by atoms with Gasteiger partial charge in [0.2, 0.25) is 0 Å². The lowest BCUT2D eigenvalue weighted by atomic mass is 10.4. The van der Waals surface area contributed by atoms with Crippen molar-refractivity contribution < 1.29 is 8.42 Å². The lowest BCUT2D eigenvalue weighted by molar-refractivity contribution is 0.584. The topological polar surface area (TPSA) is 63.5 Å². The molecule has 0 spiro atoms. The third-order valence-corrected chi connectivity index (χ3v) is 4.24. The molecule has 0 amide bonds. The molecule has 100 valence electrons. The Labute approximate surface area is 120 Å². The van der Waals surface area contributed by atoms with Crippen LogP contribution in [0.2, 0.25) is 0 Å². The number of sulfonamides is 1. The van der Waals surface area contributed by atoms with E-state index in [2.05, 4.69) is 25.9 Å². The predicted molar refractivity (Wildman–Crippen MR) is 77.5 cm³/mol. The fraction of sp³-hybridized carbons (Fsp3) is 0.0833. The maximum Gasteiger partial charge on any atom is 0.276 e. The van der Waals surface area contributed by atoms with E-state index in [1.807, 2.05) is 29.9 Å². The van der Waals surface area contributed by atoms with Crippen LogP contribution in [-0.2, 0) is 17.1 Å². The molecule has 1 aromatic heterocycles. The van der Waals surface area contributed by atoms with Gasteiger partial charge in [-0.15, -0.1) is 0 Å². The van der Waals surface area contributed by atoms with Gasteiger partial charge in [-0.3, -0.25) is 0 Å².